The maximum atomic E-state index is 13.8. The fourth-order valence-corrected chi connectivity index (χ4v) is 6.49. The lowest BCUT2D eigenvalue weighted by molar-refractivity contribution is 0.0696. The van der Waals surface area contributed by atoms with Crippen molar-refractivity contribution in [3.63, 3.8) is 0 Å². The molecule has 230 valence electrons. The monoisotopic (exact) mass is 614 g/mol. The zero-order valence-corrected chi connectivity index (χ0v) is 25.7. The van der Waals surface area contributed by atoms with Crippen molar-refractivity contribution in [1.82, 2.24) is 9.21 Å². The molecule has 1 aliphatic heterocycles. The van der Waals surface area contributed by atoms with Gasteiger partial charge < -0.3 is 19.1 Å². The molecule has 0 aromatic heterocycles. The summed E-state index contributed by atoms with van der Waals surface area (Å²) in [4.78, 5) is 15.5. The second-order valence-electron chi connectivity index (χ2n) is 10.6. The van der Waals surface area contributed by atoms with Gasteiger partial charge in [0.05, 0.1) is 5.75 Å². The second-order valence-corrected chi connectivity index (χ2v) is 12.7. The Bertz CT molecular complexity index is 1540. The van der Waals surface area contributed by atoms with Crippen LogP contribution >= 0.6 is 0 Å². The molecule has 44 heavy (non-hydrogen) atoms. The minimum atomic E-state index is -3.32. The topological polar surface area (TPSA) is 85.4 Å². The van der Waals surface area contributed by atoms with Crippen LogP contribution in [0.15, 0.2) is 103 Å². The molecule has 1 amide bonds. The highest BCUT2D eigenvalue weighted by atomic mass is 32.2. The van der Waals surface area contributed by atoms with Crippen molar-refractivity contribution in [3.05, 3.63) is 125 Å². The SMILES string of the molecule is CCCS(=O)(=O)N1CCN(C(=O)c2cc(OCc3ccccc3)c(OCc3ccccc3)c(OCc3ccccc3)c2)CC1. The van der Waals surface area contributed by atoms with Crippen molar-refractivity contribution in [2.45, 2.75) is 33.2 Å². The Hall–Kier alpha value is -4.34. The molecule has 1 aliphatic rings. The van der Waals surface area contributed by atoms with Gasteiger partial charge in [0.25, 0.3) is 5.91 Å². The van der Waals surface area contributed by atoms with Gasteiger partial charge in [0.1, 0.15) is 19.8 Å². The fraction of sp³-hybridized carbons (Fsp3) is 0.286. The van der Waals surface area contributed by atoms with E-state index >= 15 is 0 Å². The summed E-state index contributed by atoms with van der Waals surface area (Å²) in [5.41, 5.74) is 3.29. The molecule has 0 aliphatic carbocycles. The third-order valence-corrected chi connectivity index (χ3v) is 9.43. The van der Waals surface area contributed by atoms with E-state index in [2.05, 4.69) is 0 Å². The molecule has 0 saturated carbocycles. The van der Waals surface area contributed by atoms with E-state index in [1.807, 2.05) is 97.9 Å². The van der Waals surface area contributed by atoms with Gasteiger partial charge in [-0.05, 0) is 35.2 Å². The molecular weight excluding hydrogens is 576 g/mol. The van der Waals surface area contributed by atoms with Gasteiger partial charge >= 0.3 is 0 Å². The minimum Gasteiger partial charge on any atom is -0.485 e. The van der Waals surface area contributed by atoms with Crippen LogP contribution < -0.4 is 14.2 Å². The second kappa shape index (κ2) is 14.9. The van der Waals surface area contributed by atoms with Gasteiger partial charge in [-0.1, -0.05) is 97.9 Å². The Kier molecular flexibility index (Phi) is 10.5. The minimum absolute atomic E-state index is 0.107. The summed E-state index contributed by atoms with van der Waals surface area (Å²) in [7, 11) is -3.32. The van der Waals surface area contributed by atoms with Gasteiger partial charge in [0.2, 0.25) is 15.8 Å². The Morgan fingerprint density at radius 2 is 1.09 bits per heavy atom. The quantitative estimate of drug-likeness (QED) is 0.186. The van der Waals surface area contributed by atoms with Crippen LogP contribution in [0.5, 0.6) is 17.2 Å². The first-order chi connectivity index (χ1) is 21.4. The normalized spacial score (nSPS) is 13.8. The molecular formula is C35H38N2O6S. The number of benzene rings is 4. The molecule has 1 fully saturated rings. The third-order valence-electron chi connectivity index (χ3n) is 7.35. The molecule has 4 aromatic carbocycles. The van der Waals surface area contributed by atoms with Crippen LogP contribution in [0, 0.1) is 0 Å². The predicted octanol–water partition coefficient (Wildman–Crippen LogP) is 5.92. The lowest BCUT2D eigenvalue weighted by atomic mass is 10.1. The number of ether oxygens (including phenoxy) is 3. The van der Waals surface area contributed by atoms with Crippen molar-refractivity contribution in [3.8, 4) is 17.2 Å². The van der Waals surface area contributed by atoms with Crippen LogP contribution in [0.25, 0.3) is 0 Å². The summed E-state index contributed by atoms with van der Waals surface area (Å²) in [6, 6.07) is 32.8. The average Bonchev–Trinajstić information content (AvgIpc) is 3.06. The smallest absolute Gasteiger partial charge is 0.254 e. The van der Waals surface area contributed by atoms with Crippen molar-refractivity contribution < 1.29 is 27.4 Å². The zero-order valence-electron chi connectivity index (χ0n) is 24.9. The van der Waals surface area contributed by atoms with Crippen molar-refractivity contribution in [2.24, 2.45) is 0 Å². The summed E-state index contributed by atoms with van der Waals surface area (Å²) in [5, 5.41) is 0. The highest BCUT2D eigenvalue weighted by Gasteiger charge is 2.30. The molecule has 0 bridgehead atoms. The summed E-state index contributed by atoms with van der Waals surface area (Å²) < 4.78 is 45.6. The number of rotatable bonds is 13. The van der Waals surface area contributed by atoms with Crippen LogP contribution in [0.4, 0.5) is 0 Å². The Morgan fingerprint density at radius 1 is 0.659 bits per heavy atom. The molecule has 0 radical (unpaired) electrons. The highest BCUT2D eigenvalue weighted by Crippen LogP contribution is 2.41. The molecule has 0 N–H and O–H groups in total. The van der Waals surface area contributed by atoms with E-state index in [1.165, 1.54) is 4.31 Å². The van der Waals surface area contributed by atoms with E-state index in [0.717, 1.165) is 16.7 Å². The number of hydrogen-bond donors (Lipinski definition) is 0. The molecule has 9 heteroatoms. The Labute approximate surface area is 259 Å². The first-order valence-electron chi connectivity index (χ1n) is 14.9. The number of amides is 1. The van der Waals surface area contributed by atoms with Crippen molar-refractivity contribution in [1.29, 1.82) is 0 Å². The van der Waals surface area contributed by atoms with Gasteiger partial charge in [0, 0.05) is 31.7 Å². The zero-order chi connectivity index (χ0) is 30.8. The third kappa shape index (κ3) is 8.18. The van der Waals surface area contributed by atoms with Gasteiger partial charge in [0.15, 0.2) is 11.5 Å². The van der Waals surface area contributed by atoms with E-state index in [0.29, 0.717) is 42.3 Å². The molecule has 4 aromatic rings. The number of nitrogens with zero attached hydrogens (tertiary/aromatic N) is 2. The molecule has 5 rings (SSSR count). The van der Waals surface area contributed by atoms with Gasteiger partial charge in [-0.3, -0.25) is 4.79 Å². The van der Waals surface area contributed by atoms with Crippen LogP contribution in [-0.4, -0.2) is 55.5 Å². The summed E-state index contributed by atoms with van der Waals surface area (Å²) in [6.07, 6.45) is 0.553. The van der Waals surface area contributed by atoms with Gasteiger partial charge in [-0.15, -0.1) is 0 Å². The standard InChI is InChI=1S/C35H38N2O6S/c1-2-22-44(39,40)37-20-18-36(19-21-37)35(38)31-23-32(41-25-28-12-6-3-7-13-28)34(43-27-30-16-10-5-11-17-30)33(24-31)42-26-29-14-8-4-9-15-29/h3-17,23-24H,2,18-22,25-27H2,1H3. The van der Waals surface area contributed by atoms with Crippen molar-refractivity contribution >= 4 is 15.9 Å². The van der Waals surface area contributed by atoms with Gasteiger partial charge in [-0.25, -0.2) is 8.42 Å². The van der Waals surface area contributed by atoms with E-state index in [-0.39, 0.29) is 44.6 Å². The van der Waals surface area contributed by atoms with Crippen molar-refractivity contribution in [2.75, 3.05) is 31.9 Å². The molecule has 1 saturated heterocycles. The number of hydrogen-bond acceptors (Lipinski definition) is 6. The highest BCUT2D eigenvalue weighted by molar-refractivity contribution is 7.89. The first kappa shape index (κ1) is 31.1. The summed E-state index contributed by atoms with van der Waals surface area (Å²) in [5.74, 6) is 1.08. The maximum Gasteiger partial charge on any atom is 0.254 e. The summed E-state index contributed by atoms with van der Waals surface area (Å²) in [6.45, 7) is 3.80. The molecule has 8 nitrogen and oxygen atoms in total. The Balaban J connectivity index is 1.45. The molecule has 1 heterocycles. The molecule has 0 unspecified atom stereocenters. The molecule has 0 atom stereocenters. The number of carbonyl (C=O) groups is 1. The number of carbonyl (C=O) groups excluding carboxylic acids is 1. The van der Waals surface area contributed by atoms with E-state index in [9.17, 15) is 13.2 Å². The van der Waals surface area contributed by atoms with E-state index < -0.39 is 10.0 Å². The Morgan fingerprint density at radius 3 is 1.52 bits per heavy atom. The van der Waals surface area contributed by atoms with Crippen LogP contribution in [0.1, 0.15) is 40.4 Å². The number of piperazine rings is 1. The molecule has 0 spiro atoms. The van der Waals surface area contributed by atoms with E-state index in [4.69, 9.17) is 14.2 Å². The number of sulfonamides is 1. The van der Waals surface area contributed by atoms with Gasteiger partial charge in [-0.2, -0.15) is 4.31 Å². The van der Waals surface area contributed by atoms with E-state index in [1.54, 1.807) is 17.0 Å². The van der Waals surface area contributed by atoms with Crippen LogP contribution in [0.3, 0.4) is 0 Å². The fourth-order valence-electron chi connectivity index (χ4n) is 5.00. The maximum absolute atomic E-state index is 13.8. The lowest BCUT2D eigenvalue weighted by Gasteiger charge is -2.34. The summed E-state index contributed by atoms with van der Waals surface area (Å²) >= 11 is 0. The van der Waals surface area contributed by atoms with Crippen LogP contribution in [-0.2, 0) is 29.8 Å². The predicted molar refractivity (Wildman–Crippen MR) is 170 cm³/mol. The average molecular weight is 615 g/mol. The largest absolute Gasteiger partial charge is 0.485 e. The first-order valence-corrected chi connectivity index (χ1v) is 16.5. The van der Waals surface area contributed by atoms with Crippen LogP contribution in [0.2, 0.25) is 0 Å². The lowest BCUT2D eigenvalue weighted by Crippen LogP contribution is -2.51.